The second kappa shape index (κ2) is 7.33. The molecule has 0 amide bonds. The maximum atomic E-state index is 9.31. The molecule has 0 radical (unpaired) electrons. The van der Waals surface area contributed by atoms with Gasteiger partial charge in [-0.3, -0.25) is 0 Å². The number of nitriles is 1. The minimum Gasteiger partial charge on any atom is -0.493 e. The number of rotatable bonds is 7. The number of benzene rings is 1. The maximum absolute atomic E-state index is 9.31. The fourth-order valence-electron chi connectivity index (χ4n) is 2.50. The summed E-state index contributed by atoms with van der Waals surface area (Å²) in [6.07, 6.45) is 3.69. The molecule has 0 heterocycles. The molecule has 1 aromatic carbocycles. The molecular formula is C18H27NO. The molecule has 0 saturated carbocycles. The van der Waals surface area contributed by atoms with Crippen molar-refractivity contribution in [2.24, 2.45) is 5.41 Å². The Hall–Kier alpha value is -1.49. The van der Waals surface area contributed by atoms with E-state index in [1.165, 1.54) is 16.7 Å². The quantitative estimate of drug-likeness (QED) is 0.647. The van der Waals surface area contributed by atoms with Gasteiger partial charge in [-0.2, -0.15) is 5.26 Å². The van der Waals surface area contributed by atoms with Crippen LogP contribution in [0.2, 0.25) is 0 Å². The molecule has 110 valence electrons. The summed E-state index contributed by atoms with van der Waals surface area (Å²) in [5.74, 6) is 0.976. The Balaban J connectivity index is 2.54. The Morgan fingerprint density at radius 3 is 2.20 bits per heavy atom. The zero-order valence-corrected chi connectivity index (χ0v) is 13.5. The summed E-state index contributed by atoms with van der Waals surface area (Å²) < 4.78 is 5.89. The highest BCUT2D eigenvalue weighted by molar-refractivity contribution is 5.40. The third-order valence-corrected chi connectivity index (χ3v) is 4.44. The first kappa shape index (κ1) is 16.6. The van der Waals surface area contributed by atoms with Crippen LogP contribution in [-0.2, 0) is 0 Å². The summed E-state index contributed by atoms with van der Waals surface area (Å²) >= 11 is 0. The average Bonchev–Trinajstić information content (AvgIpc) is 2.45. The third-order valence-electron chi connectivity index (χ3n) is 4.44. The zero-order valence-electron chi connectivity index (χ0n) is 13.5. The molecule has 1 rings (SSSR count). The van der Waals surface area contributed by atoms with Crippen LogP contribution in [0.4, 0.5) is 0 Å². The highest BCUT2D eigenvalue weighted by Crippen LogP contribution is 2.31. The van der Waals surface area contributed by atoms with Crippen LogP contribution in [0, 0.1) is 37.5 Å². The first-order valence-corrected chi connectivity index (χ1v) is 7.60. The predicted molar refractivity (Wildman–Crippen MR) is 84.0 cm³/mol. The highest BCUT2D eigenvalue weighted by Gasteiger charge is 2.24. The van der Waals surface area contributed by atoms with E-state index in [1.54, 1.807) is 0 Å². The molecule has 2 nitrogen and oxygen atoms in total. The molecule has 0 aromatic heterocycles. The van der Waals surface area contributed by atoms with Crippen LogP contribution in [-0.4, -0.2) is 6.61 Å². The molecule has 0 bridgehead atoms. The number of hydrogen-bond donors (Lipinski definition) is 0. The van der Waals surface area contributed by atoms with Gasteiger partial charge in [0, 0.05) is 0 Å². The van der Waals surface area contributed by atoms with Gasteiger partial charge in [-0.05, 0) is 69.2 Å². The summed E-state index contributed by atoms with van der Waals surface area (Å²) in [4.78, 5) is 0. The monoisotopic (exact) mass is 273 g/mol. The number of aryl methyl sites for hydroxylation is 3. The molecular weight excluding hydrogens is 246 g/mol. The lowest BCUT2D eigenvalue weighted by Gasteiger charge is -2.23. The molecule has 0 aliphatic rings. The van der Waals surface area contributed by atoms with E-state index in [2.05, 4.69) is 52.8 Å². The van der Waals surface area contributed by atoms with Crippen molar-refractivity contribution in [3.05, 3.63) is 28.8 Å². The van der Waals surface area contributed by atoms with E-state index in [0.717, 1.165) is 31.4 Å². The Morgan fingerprint density at radius 2 is 1.65 bits per heavy atom. The molecule has 0 atom stereocenters. The van der Waals surface area contributed by atoms with Gasteiger partial charge in [0.1, 0.15) is 5.75 Å². The number of hydrogen-bond acceptors (Lipinski definition) is 2. The van der Waals surface area contributed by atoms with Crippen LogP contribution in [0.25, 0.3) is 0 Å². The van der Waals surface area contributed by atoms with Crippen molar-refractivity contribution in [3.63, 3.8) is 0 Å². The summed E-state index contributed by atoms with van der Waals surface area (Å²) in [6, 6.07) is 6.77. The summed E-state index contributed by atoms with van der Waals surface area (Å²) in [5.41, 5.74) is 3.58. The summed E-state index contributed by atoms with van der Waals surface area (Å²) in [7, 11) is 0. The molecule has 0 saturated heterocycles. The minimum atomic E-state index is -0.165. The van der Waals surface area contributed by atoms with E-state index in [-0.39, 0.29) is 5.41 Å². The number of nitrogens with zero attached hydrogens (tertiary/aromatic N) is 1. The van der Waals surface area contributed by atoms with Crippen LogP contribution in [0.5, 0.6) is 5.75 Å². The SMILES string of the molecule is CCC(C#N)(CC)CCCOc1cc(C)c(C)cc1C. The van der Waals surface area contributed by atoms with Crippen LogP contribution in [0.1, 0.15) is 56.2 Å². The standard InChI is InChI=1S/C18H27NO/c1-6-18(7-2,13-19)9-8-10-20-17-12-15(4)14(3)11-16(17)5/h11-12H,6-10H2,1-5H3. The van der Waals surface area contributed by atoms with Gasteiger partial charge in [0.2, 0.25) is 0 Å². The number of ether oxygens (including phenoxy) is 1. The molecule has 0 spiro atoms. The van der Waals surface area contributed by atoms with Crippen molar-refractivity contribution < 1.29 is 4.74 Å². The summed E-state index contributed by atoms with van der Waals surface area (Å²) in [6.45, 7) is 11.2. The molecule has 0 aliphatic carbocycles. The Kier molecular flexibility index (Phi) is 6.07. The zero-order chi connectivity index (χ0) is 15.2. The average molecular weight is 273 g/mol. The van der Waals surface area contributed by atoms with E-state index in [4.69, 9.17) is 4.74 Å². The topological polar surface area (TPSA) is 33.0 Å². The largest absolute Gasteiger partial charge is 0.493 e. The van der Waals surface area contributed by atoms with Crippen LogP contribution in [0.3, 0.4) is 0 Å². The van der Waals surface area contributed by atoms with Crippen molar-refractivity contribution >= 4 is 0 Å². The van der Waals surface area contributed by atoms with Gasteiger partial charge in [-0.15, -0.1) is 0 Å². The van der Waals surface area contributed by atoms with E-state index in [9.17, 15) is 5.26 Å². The maximum Gasteiger partial charge on any atom is 0.122 e. The van der Waals surface area contributed by atoms with Gasteiger partial charge < -0.3 is 4.74 Å². The minimum absolute atomic E-state index is 0.165. The molecule has 0 fully saturated rings. The van der Waals surface area contributed by atoms with Gasteiger partial charge in [0.15, 0.2) is 0 Å². The Bertz CT molecular complexity index is 481. The molecule has 0 unspecified atom stereocenters. The molecule has 2 heteroatoms. The van der Waals surface area contributed by atoms with Crippen LogP contribution >= 0.6 is 0 Å². The lowest BCUT2D eigenvalue weighted by Crippen LogP contribution is -2.17. The third kappa shape index (κ3) is 4.00. The first-order chi connectivity index (χ1) is 9.48. The first-order valence-electron chi connectivity index (χ1n) is 7.60. The fourth-order valence-corrected chi connectivity index (χ4v) is 2.50. The normalized spacial score (nSPS) is 11.2. The van der Waals surface area contributed by atoms with Crippen molar-refractivity contribution in [1.29, 1.82) is 5.26 Å². The van der Waals surface area contributed by atoms with E-state index >= 15 is 0 Å². The van der Waals surface area contributed by atoms with Crippen LogP contribution in [0.15, 0.2) is 12.1 Å². The predicted octanol–water partition coefficient (Wildman–Crippen LogP) is 5.10. The Labute approximate surface area is 123 Å². The second-order valence-electron chi connectivity index (χ2n) is 5.75. The molecule has 0 N–H and O–H groups in total. The molecule has 0 aliphatic heterocycles. The lowest BCUT2D eigenvalue weighted by molar-refractivity contribution is 0.258. The lowest BCUT2D eigenvalue weighted by atomic mass is 9.80. The smallest absolute Gasteiger partial charge is 0.122 e. The van der Waals surface area contributed by atoms with Gasteiger partial charge in [-0.25, -0.2) is 0 Å². The van der Waals surface area contributed by atoms with E-state index < -0.39 is 0 Å². The second-order valence-corrected chi connectivity index (χ2v) is 5.75. The van der Waals surface area contributed by atoms with E-state index in [1.807, 2.05) is 0 Å². The van der Waals surface area contributed by atoms with Gasteiger partial charge in [0.25, 0.3) is 0 Å². The summed E-state index contributed by atoms with van der Waals surface area (Å²) in [5, 5.41) is 9.31. The van der Waals surface area contributed by atoms with Gasteiger partial charge in [0.05, 0.1) is 18.1 Å². The Morgan fingerprint density at radius 1 is 1.05 bits per heavy atom. The molecule has 1 aromatic rings. The van der Waals surface area contributed by atoms with Crippen molar-refractivity contribution in [2.75, 3.05) is 6.61 Å². The van der Waals surface area contributed by atoms with Crippen molar-refractivity contribution in [2.45, 2.75) is 60.3 Å². The van der Waals surface area contributed by atoms with E-state index in [0.29, 0.717) is 6.61 Å². The fraction of sp³-hybridized carbons (Fsp3) is 0.611. The van der Waals surface area contributed by atoms with Crippen molar-refractivity contribution in [3.8, 4) is 11.8 Å². The highest BCUT2D eigenvalue weighted by atomic mass is 16.5. The molecule has 20 heavy (non-hydrogen) atoms. The van der Waals surface area contributed by atoms with Crippen molar-refractivity contribution in [1.82, 2.24) is 0 Å². The van der Waals surface area contributed by atoms with Gasteiger partial charge >= 0.3 is 0 Å². The van der Waals surface area contributed by atoms with Gasteiger partial charge in [-0.1, -0.05) is 19.9 Å². The van der Waals surface area contributed by atoms with Crippen LogP contribution < -0.4 is 4.74 Å².